The lowest BCUT2D eigenvalue weighted by Gasteiger charge is -2.23. The molecule has 2 N–H and O–H groups in total. The molecule has 0 bridgehead atoms. The third-order valence-corrected chi connectivity index (χ3v) is 1.77. The van der Waals surface area contributed by atoms with E-state index in [4.69, 9.17) is 4.74 Å². The zero-order valence-corrected chi connectivity index (χ0v) is 8.23. The van der Waals surface area contributed by atoms with Crippen molar-refractivity contribution in [2.45, 2.75) is 32.8 Å². The third kappa shape index (κ3) is 4.96. The second-order valence-electron chi connectivity index (χ2n) is 3.16. The van der Waals surface area contributed by atoms with Gasteiger partial charge in [0.1, 0.15) is 6.73 Å². The van der Waals surface area contributed by atoms with Crippen molar-refractivity contribution in [3.63, 3.8) is 0 Å². The van der Waals surface area contributed by atoms with Crippen molar-refractivity contribution < 1.29 is 9.53 Å². The summed E-state index contributed by atoms with van der Waals surface area (Å²) in [7, 11) is 1.57. The van der Waals surface area contributed by atoms with E-state index in [-0.39, 0.29) is 18.4 Å². The fourth-order valence-corrected chi connectivity index (χ4v) is 0.487. The van der Waals surface area contributed by atoms with E-state index < -0.39 is 0 Å². The Morgan fingerprint density at radius 2 is 2.08 bits per heavy atom. The molecule has 0 spiro atoms. The number of hydrogen-bond acceptors (Lipinski definition) is 2. The number of amides is 2. The first-order chi connectivity index (χ1) is 5.52. The Morgan fingerprint density at radius 1 is 1.50 bits per heavy atom. The smallest absolute Gasteiger partial charge is 0.316 e. The lowest BCUT2D eigenvalue weighted by Crippen LogP contribution is -2.37. The minimum absolute atomic E-state index is 0.166. The number of hydrogen-bond donors (Lipinski definition) is 2. The molecule has 12 heavy (non-hydrogen) atoms. The zero-order valence-electron chi connectivity index (χ0n) is 8.23. The summed E-state index contributed by atoms with van der Waals surface area (Å²) in [6.07, 6.45) is 0.919. The molecule has 0 saturated carbocycles. The van der Waals surface area contributed by atoms with E-state index in [2.05, 4.69) is 10.6 Å². The minimum Gasteiger partial charge on any atom is -0.355 e. The van der Waals surface area contributed by atoms with Gasteiger partial charge < -0.3 is 15.4 Å². The Kier molecular flexibility index (Phi) is 4.66. The van der Waals surface area contributed by atoms with Crippen LogP contribution >= 0.6 is 0 Å². The van der Waals surface area contributed by atoms with Gasteiger partial charge in [-0.25, -0.2) is 4.79 Å². The molecule has 0 heterocycles. The fourth-order valence-electron chi connectivity index (χ4n) is 0.487. The molecule has 0 aromatic heterocycles. The lowest BCUT2D eigenvalue weighted by atomic mass is 10.1. The van der Waals surface area contributed by atoms with Crippen LogP contribution in [0.1, 0.15) is 27.2 Å². The number of carbonyl (C=O) groups is 1. The van der Waals surface area contributed by atoms with Gasteiger partial charge in [-0.2, -0.15) is 0 Å². The van der Waals surface area contributed by atoms with E-state index in [0.717, 1.165) is 6.42 Å². The predicted octanol–water partition coefficient (Wildman–Crippen LogP) is 1.08. The van der Waals surface area contributed by atoms with Gasteiger partial charge in [0, 0.05) is 7.05 Å². The third-order valence-electron chi connectivity index (χ3n) is 1.77. The molecule has 0 aliphatic carbocycles. The monoisotopic (exact) mass is 174 g/mol. The number of urea groups is 1. The quantitative estimate of drug-likeness (QED) is 0.626. The highest BCUT2D eigenvalue weighted by atomic mass is 16.5. The molecule has 2 amide bonds. The van der Waals surface area contributed by atoms with Crippen LogP contribution in [0.25, 0.3) is 0 Å². The van der Waals surface area contributed by atoms with Gasteiger partial charge in [-0.05, 0) is 20.3 Å². The molecule has 0 radical (unpaired) electrons. The van der Waals surface area contributed by atoms with Crippen molar-refractivity contribution in [3.05, 3.63) is 0 Å². The average molecular weight is 174 g/mol. The lowest BCUT2D eigenvalue weighted by molar-refractivity contribution is -0.0252. The highest BCUT2D eigenvalue weighted by Gasteiger charge is 2.14. The van der Waals surface area contributed by atoms with Gasteiger partial charge >= 0.3 is 6.03 Å². The number of carbonyl (C=O) groups excluding carboxylic acids is 1. The summed E-state index contributed by atoms with van der Waals surface area (Å²) in [6, 6.07) is -0.220. The van der Waals surface area contributed by atoms with Crippen LogP contribution in [0.2, 0.25) is 0 Å². The second-order valence-corrected chi connectivity index (χ2v) is 3.16. The largest absolute Gasteiger partial charge is 0.355 e. The molecule has 0 aliphatic rings. The Balaban J connectivity index is 3.49. The first-order valence-electron chi connectivity index (χ1n) is 4.11. The van der Waals surface area contributed by atoms with E-state index in [1.165, 1.54) is 0 Å². The molecule has 72 valence electrons. The number of ether oxygens (including phenoxy) is 1. The summed E-state index contributed by atoms with van der Waals surface area (Å²) in [4.78, 5) is 10.7. The van der Waals surface area contributed by atoms with Crippen LogP contribution < -0.4 is 10.6 Å². The Labute approximate surface area is 73.7 Å². The molecule has 0 fully saturated rings. The fraction of sp³-hybridized carbons (Fsp3) is 0.875. The topological polar surface area (TPSA) is 50.4 Å². The standard InChI is InChI=1S/C8H18N2O2/c1-5-8(2,3)12-6-10-7(11)9-4/h5-6H2,1-4H3,(H2,9,10,11). The summed E-state index contributed by atoms with van der Waals surface area (Å²) >= 11 is 0. The van der Waals surface area contributed by atoms with Crippen LogP contribution in [0.4, 0.5) is 4.79 Å². The maximum Gasteiger partial charge on any atom is 0.316 e. The van der Waals surface area contributed by atoms with Gasteiger partial charge in [-0.3, -0.25) is 0 Å². The Morgan fingerprint density at radius 3 is 2.50 bits per heavy atom. The molecule has 0 rings (SSSR count). The van der Waals surface area contributed by atoms with E-state index in [9.17, 15) is 4.79 Å². The molecular formula is C8H18N2O2. The Hall–Kier alpha value is -0.770. The Bertz CT molecular complexity index is 146. The van der Waals surface area contributed by atoms with Crippen LogP contribution in [0.15, 0.2) is 0 Å². The predicted molar refractivity (Wildman–Crippen MR) is 47.9 cm³/mol. The summed E-state index contributed by atoms with van der Waals surface area (Å²) in [5.41, 5.74) is -0.166. The van der Waals surface area contributed by atoms with Crippen molar-refractivity contribution in [1.29, 1.82) is 0 Å². The van der Waals surface area contributed by atoms with Gasteiger partial charge in [0.15, 0.2) is 0 Å². The summed E-state index contributed by atoms with van der Waals surface area (Å²) in [5.74, 6) is 0. The van der Waals surface area contributed by atoms with E-state index in [1.807, 2.05) is 20.8 Å². The van der Waals surface area contributed by atoms with Crippen LogP contribution in [0.5, 0.6) is 0 Å². The summed E-state index contributed by atoms with van der Waals surface area (Å²) in [6.45, 7) is 6.26. The van der Waals surface area contributed by atoms with Crippen LogP contribution in [-0.2, 0) is 4.74 Å². The first-order valence-corrected chi connectivity index (χ1v) is 4.11. The molecule has 0 saturated heterocycles. The van der Waals surface area contributed by atoms with Crippen molar-refractivity contribution in [1.82, 2.24) is 10.6 Å². The SMILES string of the molecule is CCC(C)(C)OCNC(=O)NC. The van der Waals surface area contributed by atoms with E-state index in [0.29, 0.717) is 0 Å². The maximum atomic E-state index is 10.7. The minimum atomic E-state index is -0.220. The molecule has 0 aromatic rings. The van der Waals surface area contributed by atoms with Gasteiger partial charge in [-0.1, -0.05) is 6.92 Å². The van der Waals surface area contributed by atoms with Crippen molar-refractivity contribution in [3.8, 4) is 0 Å². The van der Waals surface area contributed by atoms with E-state index in [1.54, 1.807) is 7.05 Å². The molecular weight excluding hydrogens is 156 g/mol. The normalized spacial score (nSPS) is 11.0. The van der Waals surface area contributed by atoms with Gasteiger partial charge in [0.2, 0.25) is 0 Å². The van der Waals surface area contributed by atoms with E-state index >= 15 is 0 Å². The van der Waals surface area contributed by atoms with Crippen LogP contribution in [0.3, 0.4) is 0 Å². The molecule has 0 aromatic carbocycles. The first kappa shape index (κ1) is 11.2. The van der Waals surface area contributed by atoms with Gasteiger partial charge in [-0.15, -0.1) is 0 Å². The molecule has 0 unspecified atom stereocenters. The molecule has 0 aliphatic heterocycles. The van der Waals surface area contributed by atoms with Crippen LogP contribution in [0, 0.1) is 0 Å². The van der Waals surface area contributed by atoms with Crippen molar-refractivity contribution in [2.24, 2.45) is 0 Å². The van der Waals surface area contributed by atoms with Gasteiger partial charge in [0.25, 0.3) is 0 Å². The highest BCUT2D eigenvalue weighted by molar-refractivity contribution is 5.73. The maximum absolute atomic E-state index is 10.7. The van der Waals surface area contributed by atoms with Crippen molar-refractivity contribution in [2.75, 3.05) is 13.8 Å². The highest BCUT2D eigenvalue weighted by Crippen LogP contribution is 2.11. The zero-order chi connectivity index (χ0) is 9.61. The number of nitrogens with one attached hydrogen (secondary N) is 2. The summed E-state index contributed by atoms with van der Waals surface area (Å²) in [5, 5.41) is 4.99. The molecule has 4 nitrogen and oxygen atoms in total. The molecule has 0 atom stereocenters. The van der Waals surface area contributed by atoms with Gasteiger partial charge in [0.05, 0.1) is 5.60 Å². The molecule has 4 heteroatoms. The van der Waals surface area contributed by atoms with Crippen LogP contribution in [-0.4, -0.2) is 25.4 Å². The second kappa shape index (κ2) is 4.98. The van der Waals surface area contributed by atoms with Crippen molar-refractivity contribution >= 4 is 6.03 Å². The number of rotatable bonds is 4. The summed E-state index contributed by atoms with van der Waals surface area (Å²) < 4.78 is 5.38. The average Bonchev–Trinajstić information content (AvgIpc) is 2.04.